The largest absolute Gasteiger partial charge is 0.378 e. The summed E-state index contributed by atoms with van der Waals surface area (Å²) < 4.78 is 5.32. The third kappa shape index (κ3) is 5.90. The Balaban J connectivity index is 1.37. The highest BCUT2D eigenvalue weighted by Gasteiger charge is 2.21. The van der Waals surface area contributed by atoms with E-state index in [2.05, 4.69) is 16.9 Å². The molecule has 0 unspecified atom stereocenters. The predicted octanol–water partition coefficient (Wildman–Crippen LogP) is 4.66. The van der Waals surface area contributed by atoms with Gasteiger partial charge in [-0.2, -0.15) is 0 Å². The van der Waals surface area contributed by atoms with Crippen LogP contribution < -0.4 is 4.90 Å². The van der Waals surface area contributed by atoms with E-state index in [9.17, 15) is 4.79 Å². The number of anilines is 1. The first-order valence-corrected chi connectivity index (χ1v) is 12.3. The lowest BCUT2D eigenvalue weighted by Crippen LogP contribution is -2.40. The molecule has 0 bridgehead atoms. The number of halogens is 1. The Bertz CT molecular complexity index is 884. The Morgan fingerprint density at radius 2 is 1.87 bits per heavy atom. The van der Waals surface area contributed by atoms with E-state index < -0.39 is 0 Å². The summed E-state index contributed by atoms with van der Waals surface area (Å²) in [5.41, 5.74) is 1.83. The molecule has 1 aliphatic heterocycles. The van der Waals surface area contributed by atoms with Crippen LogP contribution in [0.1, 0.15) is 48.0 Å². The minimum Gasteiger partial charge on any atom is -0.378 e. The lowest BCUT2D eigenvalue weighted by atomic mass is 9.94. The van der Waals surface area contributed by atoms with Crippen molar-refractivity contribution in [1.29, 1.82) is 0 Å². The molecule has 0 atom stereocenters. The van der Waals surface area contributed by atoms with Crippen LogP contribution in [0, 0.1) is 0 Å². The van der Waals surface area contributed by atoms with E-state index in [1.54, 1.807) is 11.8 Å². The monoisotopic (exact) mass is 460 g/mol. The molecule has 166 valence electrons. The normalized spacial score (nSPS) is 17.5. The second-order valence-electron chi connectivity index (χ2n) is 8.12. The lowest BCUT2D eigenvalue weighted by Gasteiger charge is -2.32. The van der Waals surface area contributed by atoms with Gasteiger partial charge in [0.05, 0.1) is 13.2 Å². The zero-order valence-electron chi connectivity index (χ0n) is 17.9. The second kappa shape index (κ2) is 10.7. The molecule has 1 amide bonds. The number of benzene rings is 1. The van der Waals surface area contributed by atoms with Crippen LogP contribution in [0.5, 0.6) is 0 Å². The molecule has 0 spiro atoms. The van der Waals surface area contributed by atoms with E-state index in [4.69, 9.17) is 21.3 Å². The quantitative estimate of drug-likeness (QED) is 0.355. The summed E-state index contributed by atoms with van der Waals surface area (Å²) in [6.45, 7) is 2.52. The van der Waals surface area contributed by atoms with Gasteiger partial charge in [0.15, 0.2) is 5.16 Å². The van der Waals surface area contributed by atoms with Crippen molar-refractivity contribution in [3.63, 3.8) is 0 Å². The fraction of sp³-hybridized carbons (Fsp3) is 0.522. The number of ether oxygens (including phenoxy) is 1. The van der Waals surface area contributed by atoms with Gasteiger partial charge < -0.3 is 14.5 Å². The van der Waals surface area contributed by atoms with Crippen molar-refractivity contribution >= 4 is 35.1 Å². The number of nitrogens with zero attached hydrogens (tertiary/aromatic N) is 4. The van der Waals surface area contributed by atoms with Gasteiger partial charge in [0.2, 0.25) is 0 Å². The first-order chi connectivity index (χ1) is 15.1. The van der Waals surface area contributed by atoms with Crippen LogP contribution in [-0.4, -0.2) is 60.2 Å². The highest BCUT2D eigenvalue weighted by atomic mass is 35.5. The van der Waals surface area contributed by atoms with Crippen LogP contribution in [0.4, 0.5) is 5.82 Å². The molecule has 1 aromatic heterocycles. The van der Waals surface area contributed by atoms with Crippen molar-refractivity contribution in [1.82, 2.24) is 14.9 Å². The van der Waals surface area contributed by atoms with Gasteiger partial charge in [-0.1, -0.05) is 54.8 Å². The topological polar surface area (TPSA) is 58.6 Å². The molecule has 1 saturated heterocycles. The summed E-state index contributed by atoms with van der Waals surface area (Å²) in [6.07, 6.45) is 6.29. The average Bonchev–Trinajstić information content (AvgIpc) is 2.83. The Kier molecular flexibility index (Phi) is 7.69. The minimum absolute atomic E-state index is 0.0658. The number of amides is 1. The van der Waals surface area contributed by atoms with Gasteiger partial charge in [-0.3, -0.25) is 4.79 Å². The maximum atomic E-state index is 12.6. The van der Waals surface area contributed by atoms with Crippen LogP contribution in [0.25, 0.3) is 0 Å². The number of carbonyl (C=O) groups excluding carboxylic acids is 1. The van der Waals surface area contributed by atoms with Crippen LogP contribution in [0.2, 0.25) is 5.15 Å². The van der Waals surface area contributed by atoms with Crippen LogP contribution in [0.3, 0.4) is 0 Å². The molecule has 1 aromatic carbocycles. The fourth-order valence-corrected chi connectivity index (χ4v) is 5.16. The summed E-state index contributed by atoms with van der Waals surface area (Å²) in [6, 6.07) is 10.2. The van der Waals surface area contributed by atoms with E-state index in [-0.39, 0.29) is 5.91 Å². The van der Waals surface area contributed by atoms with Crippen molar-refractivity contribution in [2.75, 3.05) is 38.3 Å². The van der Waals surface area contributed by atoms with E-state index in [0.29, 0.717) is 48.2 Å². The maximum Gasteiger partial charge on any atom is 0.254 e. The molecule has 2 heterocycles. The summed E-state index contributed by atoms with van der Waals surface area (Å²) in [7, 11) is 2.10. The molecule has 1 saturated carbocycles. The molecular formula is C23H29ClN4O2S. The number of rotatable bonds is 6. The van der Waals surface area contributed by atoms with Crippen molar-refractivity contribution in [3.8, 4) is 0 Å². The molecule has 2 aromatic rings. The van der Waals surface area contributed by atoms with E-state index in [1.807, 2.05) is 35.2 Å². The van der Waals surface area contributed by atoms with Gasteiger partial charge >= 0.3 is 0 Å². The molecule has 1 aliphatic carbocycles. The minimum atomic E-state index is 0.0658. The zero-order valence-corrected chi connectivity index (χ0v) is 19.5. The first-order valence-electron chi connectivity index (χ1n) is 11.0. The van der Waals surface area contributed by atoms with E-state index in [0.717, 1.165) is 17.1 Å². The Morgan fingerprint density at radius 3 is 2.58 bits per heavy atom. The molecular weight excluding hydrogens is 432 g/mol. The van der Waals surface area contributed by atoms with Crippen LogP contribution >= 0.6 is 23.4 Å². The zero-order chi connectivity index (χ0) is 21.6. The lowest BCUT2D eigenvalue weighted by molar-refractivity contribution is 0.0303. The van der Waals surface area contributed by atoms with Gasteiger partial charge in [-0.15, -0.1) is 0 Å². The molecule has 2 aliphatic rings. The molecule has 2 fully saturated rings. The molecule has 4 rings (SSSR count). The van der Waals surface area contributed by atoms with Crippen molar-refractivity contribution < 1.29 is 9.53 Å². The van der Waals surface area contributed by atoms with Crippen molar-refractivity contribution in [2.24, 2.45) is 0 Å². The fourth-order valence-electron chi connectivity index (χ4n) is 4.13. The SMILES string of the molecule is CN(c1cc(Cl)nc(SCc2ccc(C(=O)N3CCOCC3)cc2)n1)C1CCCCC1. The van der Waals surface area contributed by atoms with Gasteiger partial charge in [0.1, 0.15) is 11.0 Å². The van der Waals surface area contributed by atoms with E-state index in [1.165, 1.54) is 32.1 Å². The third-order valence-corrected chi connectivity index (χ3v) is 7.12. The summed E-state index contributed by atoms with van der Waals surface area (Å²) in [5.74, 6) is 1.68. The highest BCUT2D eigenvalue weighted by molar-refractivity contribution is 7.98. The maximum absolute atomic E-state index is 12.6. The Labute approximate surface area is 193 Å². The van der Waals surface area contributed by atoms with Gasteiger partial charge in [0.25, 0.3) is 5.91 Å². The predicted molar refractivity (Wildman–Crippen MR) is 125 cm³/mol. The summed E-state index contributed by atoms with van der Waals surface area (Å²) >= 11 is 7.87. The molecule has 8 heteroatoms. The molecule has 6 nitrogen and oxygen atoms in total. The number of carbonyl (C=O) groups is 1. The standard InChI is InChI=1S/C23H29ClN4O2S/c1-27(19-5-3-2-4-6-19)21-15-20(24)25-23(26-21)31-16-17-7-9-18(10-8-17)22(29)28-11-13-30-14-12-28/h7-10,15,19H,2-6,11-14,16H2,1H3. The van der Waals surface area contributed by atoms with Crippen LogP contribution in [0.15, 0.2) is 35.5 Å². The van der Waals surface area contributed by atoms with Crippen molar-refractivity contribution in [2.45, 2.75) is 49.1 Å². The molecule has 0 radical (unpaired) electrons. The number of aromatic nitrogens is 2. The summed E-state index contributed by atoms with van der Waals surface area (Å²) in [4.78, 5) is 25.8. The molecule has 31 heavy (non-hydrogen) atoms. The number of hydrogen-bond acceptors (Lipinski definition) is 6. The highest BCUT2D eigenvalue weighted by Crippen LogP contribution is 2.29. The third-order valence-electron chi connectivity index (χ3n) is 6.01. The number of morpholine rings is 1. The summed E-state index contributed by atoms with van der Waals surface area (Å²) in [5, 5.41) is 1.15. The van der Waals surface area contributed by atoms with Gasteiger partial charge in [-0.25, -0.2) is 9.97 Å². The number of hydrogen-bond donors (Lipinski definition) is 0. The van der Waals surface area contributed by atoms with Crippen LogP contribution in [-0.2, 0) is 10.5 Å². The first kappa shape index (κ1) is 22.4. The smallest absolute Gasteiger partial charge is 0.254 e. The Hall–Kier alpha value is -1.83. The Morgan fingerprint density at radius 1 is 1.16 bits per heavy atom. The second-order valence-corrected chi connectivity index (χ2v) is 9.45. The number of thioether (sulfide) groups is 1. The molecule has 0 N–H and O–H groups in total. The van der Waals surface area contributed by atoms with Crippen molar-refractivity contribution in [3.05, 3.63) is 46.6 Å². The van der Waals surface area contributed by atoms with E-state index >= 15 is 0 Å². The van der Waals surface area contributed by atoms with Gasteiger partial charge in [0, 0.05) is 43.6 Å². The van der Waals surface area contributed by atoms with Gasteiger partial charge in [-0.05, 0) is 30.5 Å². The average molecular weight is 461 g/mol.